The summed E-state index contributed by atoms with van der Waals surface area (Å²) in [6.07, 6.45) is 0. The number of nitrogens with zero attached hydrogens (tertiary/aromatic N) is 4. The van der Waals surface area contributed by atoms with Crippen LogP contribution >= 0.6 is 22.7 Å². The molecule has 8 nitrogen and oxygen atoms in total. The second-order valence-corrected chi connectivity index (χ2v) is 8.65. The lowest BCUT2D eigenvalue weighted by Gasteiger charge is -2.16. The minimum Gasteiger partial charge on any atom is -0.382 e. The van der Waals surface area contributed by atoms with Gasteiger partial charge in [-0.2, -0.15) is 0 Å². The number of benzene rings is 2. The van der Waals surface area contributed by atoms with Crippen LogP contribution < -0.4 is 21.2 Å². The predicted molar refractivity (Wildman–Crippen MR) is 128 cm³/mol. The van der Waals surface area contributed by atoms with Gasteiger partial charge in [-0.1, -0.05) is 23.5 Å². The van der Waals surface area contributed by atoms with Gasteiger partial charge in [-0.3, -0.25) is 10.4 Å². The monoisotopic (exact) mass is 454 g/mol. The third kappa shape index (κ3) is 4.62. The smallest absolute Gasteiger partial charge is 0.189 e. The number of thiazole rings is 2. The average molecular weight is 455 g/mol. The molecule has 0 aliphatic carbocycles. The summed E-state index contributed by atoms with van der Waals surface area (Å²) in [6, 6.07) is 15.0. The zero-order valence-corrected chi connectivity index (χ0v) is 18.6. The first-order chi connectivity index (χ1) is 14.9. The summed E-state index contributed by atoms with van der Waals surface area (Å²) in [5, 5.41) is 25.2. The van der Waals surface area contributed by atoms with Crippen molar-refractivity contribution in [2.45, 2.75) is 6.92 Å². The zero-order chi connectivity index (χ0) is 22.0. The largest absolute Gasteiger partial charge is 0.382 e. The van der Waals surface area contributed by atoms with E-state index in [9.17, 15) is 10.4 Å². The number of nitrogens with two attached hydrogens (primary N) is 1. The third-order valence-corrected chi connectivity index (χ3v) is 6.74. The predicted octanol–water partition coefficient (Wildman–Crippen LogP) is 5.30. The number of hydrogen-bond acceptors (Lipinski definition) is 10. The van der Waals surface area contributed by atoms with Crippen molar-refractivity contribution in [3.8, 4) is 21.1 Å². The molecule has 0 aliphatic rings. The number of nitrogens with one attached hydrogen (secondary N) is 1. The van der Waals surface area contributed by atoms with Gasteiger partial charge in [-0.05, 0) is 43.3 Å². The summed E-state index contributed by atoms with van der Waals surface area (Å²) in [7, 11) is 2.05. The van der Waals surface area contributed by atoms with Crippen molar-refractivity contribution in [2.24, 2.45) is 0 Å². The van der Waals surface area contributed by atoms with Crippen LogP contribution in [-0.4, -0.2) is 34.0 Å². The molecule has 0 radical (unpaired) electrons. The van der Waals surface area contributed by atoms with Gasteiger partial charge in [-0.15, -0.1) is 16.6 Å². The molecule has 31 heavy (non-hydrogen) atoms. The molecule has 2 aromatic carbocycles. The molecule has 10 heteroatoms. The Morgan fingerprint density at radius 2 is 1.84 bits per heavy atom. The molecule has 0 unspecified atom stereocenters. The maximum absolute atomic E-state index is 9.23. The molecule has 0 aliphatic heterocycles. The lowest BCUT2D eigenvalue weighted by molar-refractivity contribution is 0.0292. The molecule has 0 saturated heterocycles. The summed E-state index contributed by atoms with van der Waals surface area (Å²) in [6.45, 7) is 3.05. The molecule has 0 amide bonds. The van der Waals surface area contributed by atoms with Gasteiger partial charge in [0.1, 0.15) is 15.7 Å². The van der Waals surface area contributed by atoms with Crippen LogP contribution in [0.3, 0.4) is 0 Å². The molecule has 4 rings (SSSR count). The maximum Gasteiger partial charge on any atom is 0.189 e. The van der Waals surface area contributed by atoms with E-state index < -0.39 is 0 Å². The van der Waals surface area contributed by atoms with Gasteiger partial charge in [0.15, 0.2) is 5.13 Å². The highest BCUT2D eigenvalue weighted by atomic mass is 32.1. The summed E-state index contributed by atoms with van der Waals surface area (Å²) in [4.78, 5) is 12.1. The van der Waals surface area contributed by atoms with Crippen LogP contribution in [-0.2, 0) is 0 Å². The fraction of sp³-hybridized carbons (Fsp3) is 0.143. The molecular weight excluding hydrogens is 432 g/mol. The fourth-order valence-electron chi connectivity index (χ4n) is 2.94. The molecule has 160 valence electrons. The second kappa shape index (κ2) is 8.90. The molecule has 0 atom stereocenters. The lowest BCUT2D eigenvalue weighted by Crippen LogP contribution is -2.15. The van der Waals surface area contributed by atoms with Crippen molar-refractivity contribution < 1.29 is 10.4 Å². The molecule has 5 N–H and O–H groups in total. The van der Waals surface area contributed by atoms with Gasteiger partial charge in [0, 0.05) is 35.9 Å². The highest BCUT2D eigenvalue weighted by Crippen LogP contribution is 2.39. The molecule has 4 aromatic rings. The Labute approximate surface area is 187 Å². The zero-order valence-electron chi connectivity index (χ0n) is 17.0. The molecular formula is C21H22N6O2S2. The average Bonchev–Trinajstić information content (AvgIpc) is 3.40. The standard InChI is InChI=1S/C21H22N6O2S2/c1-3-26(2)15-9-7-14(8-10-15)23-21-25-19(22)18(31-21)20-24-17(12-30-20)13-5-4-6-16(11-13)27(28)29/h4-12,28-29H,3,22H2,1-2H3,(H,23,25). The number of hydrogen-bond donors (Lipinski definition) is 4. The van der Waals surface area contributed by atoms with E-state index in [1.54, 1.807) is 18.2 Å². The highest BCUT2D eigenvalue weighted by molar-refractivity contribution is 7.23. The topological polar surface area (TPSA) is 111 Å². The number of rotatable bonds is 7. The summed E-state index contributed by atoms with van der Waals surface area (Å²) >= 11 is 2.90. The van der Waals surface area contributed by atoms with Crippen molar-refractivity contribution in [3.63, 3.8) is 0 Å². The van der Waals surface area contributed by atoms with Crippen LogP contribution in [0.1, 0.15) is 6.92 Å². The van der Waals surface area contributed by atoms with E-state index in [4.69, 9.17) is 5.73 Å². The Morgan fingerprint density at radius 1 is 1.06 bits per heavy atom. The maximum atomic E-state index is 9.23. The Kier molecular flexibility index (Phi) is 6.05. The summed E-state index contributed by atoms with van der Waals surface area (Å²) in [5.74, 6) is 0.418. The molecule has 2 heterocycles. The first kappa shape index (κ1) is 21.1. The Balaban J connectivity index is 1.54. The van der Waals surface area contributed by atoms with Gasteiger partial charge in [0.05, 0.1) is 11.4 Å². The van der Waals surface area contributed by atoms with Crippen LogP contribution in [0.25, 0.3) is 21.1 Å². The number of nitrogen functional groups attached to an aromatic ring is 1. The van der Waals surface area contributed by atoms with Crippen molar-refractivity contribution in [1.82, 2.24) is 9.97 Å². The van der Waals surface area contributed by atoms with Gasteiger partial charge < -0.3 is 16.0 Å². The molecule has 0 fully saturated rings. The first-order valence-electron chi connectivity index (χ1n) is 9.53. The van der Waals surface area contributed by atoms with Crippen LogP contribution in [0.2, 0.25) is 0 Å². The second-order valence-electron chi connectivity index (χ2n) is 6.80. The normalized spacial score (nSPS) is 10.8. The highest BCUT2D eigenvalue weighted by Gasteiger charge is 2.16. The Bertz CT molecular complexity index is 1170. The van der Waals surface area contributed by atoms with Crippen molar-refractivity contribution >= 4 is 50.7 Å². The van der Waals surface area contributed by atoms with Gasteiger partial charge in [0.25, 0.3) is 0 Å². The van der Waals surface area contributed by atoms with E-state index in [0.717, 1.165) is 39.1 Å². The van der Waals surface area contributed by atoms with Crippen LogP contribution in [0.4, 0.5) is 28.0 Å². The van der Waals surface area contributed by atoms with Gasteiger partial charge in [-0.25, -0.2) is 9.97 Å². The molecule has 0 spiro atoms. The van der Waals surface area contributed by atoms with Crippen molar-refractivity contribution in [1.29, 1.82) is 0 Å². The summed E-state index contributed by atoms with van der Waals surface area (Å²) in [5.41, 5.74) is 10.0. The molecule has 0 bridgehead atoms. The van der Waals surface area contributed by atoms with Crippen molar-refractivity contribution in [3.05, 3.63) is 53.9 Å². The SMILES string of the molecule is CCN(C)c1ccc(Nc2nc(N)c(-c3nc(-c4cccc(N(O)O)c4)cs3)s2)cc1. The number of aromatic nitrogens is 2. The lowest BCUT2D eigenvalue weighted by atomic mass is 10.1. The van der Waals surface area contributed by atoms with Gasteiger partial charge in [0.2, 0.25) is 0 Å². The van der Waals surface area contributed by atoms with Crippen molar-refractivity contribution in [2.75, 3.05) is 34.8 Å². The van der Waals surface area contributed by atoms with E-state index in [0.29, 0.717) is 10.9 Å². The third-order valence-electron chi connectivity index (χ3n) is 4.76. The quantitative estimate of drug-likeness (QED) is 0.278. The van der Waals surface area contributed by atoms with E-state index in [-0.39, 0.29) is 10.9 Å². The summed E-state index contributed by atoms with van der Waals surface area (Å²) < 4.78 is 0. The molecule has 0 saturated carbocycles. The molecule has 2 aromatic heterocycles. The Morgan fingerprint density at radius 3 is 2.55 bits per heavy atom. The van der Waals surface area contributed by atoms with Crippen LogP contribution in [0, 0.1) is 0 Å². The van der Waals surface area contributed by atoms with Gasteiger partial charge >= 0.3 is 0 Å². The fourth-order valence-corrected chi connectivity index (χ4v) is 4.78. The Hall–Kier alpha value is -3.18. The minimum atomic E-state index is 0.0860. The minimum absolute atomic E-state index is 0.0860. The van der Waals surface area contributed by atoms with E-state index in [1.165, 1.54) is 22.7 Å². The van der Waals surface area contributed by atoms with E-state index in [1.807, 2.05) is 23.6 Å². The van der Waals surface area contributed by atoms with Crippen LogP contribution in [0.5, 0.6) is 0 Å². The van der Waals surface area contributed by atoms with E-state index >= 15 is 0 Å². The number of anilines is 5. The van der Waals surface area contributed by atoms with E-state index in [2.05, 4.69) is 46.3 Å². The first-order valence-corrected chi connectivity index (χ1v) is 11.2. The van der Waals surface area contributed by atoms with Crippen LogP contribution in [0.15, 0.2) is 53.9 Å².